The quantitative estimate of drug-likeness (QED) is 0.806. The number of hydrogen-bond donors (Lipinski definition) is 1. The summed E-state index contributed by atoms with van der Waals surface area (Å²) >= 11 is 0. The van der Waals surface area contributed by atoms with Crippen molar-refractivity contribution in [1.29, 1.82) is 0 Å². The minimum Gasteiger partial charge on any atom is -0.491 e. The molecule has 2 atom stereocenters. The third-order valence-corrected chi connectivity index (χ3v) is 2.63. The Bertz CT molecular complexity index is 315. The lowest BCUT2D eigenvalue weighted by Crippen LogP contribution is -2.18. The van der Waals surface area contributed by atoms with Crippen LogP contribution in [0.25, 0.3) is 0 Å². The summed E-state index contributed by atoms with van der Waals surface area (Å²) in [4.78, 5) is 0. The predicted octanol–water partition coefficient (Wildman–Crippen LogP) is 2.51. The molecule has 0 fully saturated rings. The molecule has 0 spiro atoms. The van der Waals surface area contributed by atoms with E-state index in [9.17, 15) is 0 Å². The Kier molecular flexibility index (Phi) is 5.29. The van der Waals surface area contributed by atoms with Gasteiger partial charge in [0.05, 0.1) is 6.10 Å². The Morgan fingerprint density at radius 2 is 2.00 bits per heavy atom. The SMILES string of the molecule is CC[C@@H](N)c1ccccc1OCC(C)OC. The third-order valence-electron chi connectivity index (χ3n) is 2.63. The van der Waals surface area contributed by atoms with E-state index in [0.717, 1.165) is 17.7 Å². The third kappa shape index (κ3) is 3.51. The van der Waals surface area contributed by atoms with E-state index in [1.807, 2.05) is 31.2 Å². The van der Waals surface area contributed by atoms with Crippen LogP contribution in [0, 0.1) is 0 Å². The first-order valence-corrected chi connectivity index (χ1v) is 5.69. The Balaban J connectivity index is 2.71. The molecule has 0 radical (unpaired) electrons. The Labute approximate surface area is 97.6 Å². The van der Waals surface area contributed by atoms with Crippen molar-refractivity contribution in [2.75, 3.05) is 13.7 Å². The van der Waals surface area contributed by atoms with Crippen molar-refractivity contribution < 1.29 is 9.47 Å². The Morgan fingerprint density at radius 1 is 1.31 bits per heavy atom. The number of para-hydroxylation sites is 1. The van der Waals surface area contributed by atoms with Gasteiger partial charge in [-0.15, -0.1) is 0 Å². The molecule has 3 nitrogen and oxygen atoms in total. The van der Waals surface area contributed by atoms with Crippen molar-refractivity contribution in [3.63, 3.8) is 0 Å². The average molecular weight is 223 g/mol. The van der Waals surface area contributed by atoms with Crippen LogP contribution in [-0.4, -0.2) is 19.8 Å². The molecule has 0 saturated heterocycles. The summed E-state index contributed by atoms with van der Waals surface area (Å²) in [5.41, 5.74) is 7.09. The molecule has 16 heavy (non-hydrogen) atoms. The fourth-order valence-corrected chi connectivity index (χ4v) is 1.41. The molecule has 0 aliphatic carbocycles. The van der Waals surface area contributed by atoms with E-state index < -0.39 is 0 Å². The molecule has 1 aromatic rings. The van der Waals surface area contributed by atoms with Gasteiger partial charge in [0.1, 0.15) is 12.4 Å². The van der Waals surface area contributed by atoms with Gasteiger partial charge in [0.15, 0.2) is 0 Å². The van der Waals surface area contributed by atoms with Crippen molar-refractivity contribution in [1.82, 2.24) is 0 Å². The summed E-state index contributed by atoms with van der Waals surface area (Å²) in [5.74, 6) is 0.862. The first-order valence-electron chi connectivity index (χ1n) is 5.69. The van der Waals surface area contributed by atoms with Crippen molar-refractivity contribution >= 4 is 0 Å². The Morgan fingerprint density at radius 3 is 2.62 bits per heavy atom. The zero-order chi connectivity index (χ0) is 12.0. The monoisotopic (exact) mass is 223 g/mol. The van der Waals surface area contributed by atoms with Gasteiger partial charge in [0, 0.05) is 18.7 Å². The topological polar surface area (TPSA) is 44.5 Å². The fourth-order valence-electron chi connectivity index (χ4n) is 1.41. The first kappa shape index (κ1) is 13.0. The summed E-state index contributed by atoms with van der Waals surface area (Å²) in [6.45, 7) is 4.59. The predicted molar refractivity (Wildman–Crippen MR) is 65.6 cm³/mol. The summed E-state index contributed by atoms with van der Waals surface area (Å²) in [7, 11) is 1.68. The minimum atomic E-state index is 0.0362. The highest BCUT2D eigenvalue weighted by molar-refractivity contribution is 5.35. The highest BCUT2D eigenvalue weighted by atomic mass is 16.5. The van der Waals surface area contributed by atoms with Crippen molar-refractivity contribution in [3.8, 4) is 5.75 Å². The Hall–Kier alpha value is -1.06. The van der Waals surface area contributed by atoms with E-state index in [-0.39, 0.29) is 12.1 Å². The molecule has 1 unspecified atom stereocenters. The normalized spacial score (nSPS) is 14.5. The van der Waals surface area contributed by atoms with E-state index in [1.54, 1.807) is 7.11 Å². The number of benzene rings is 1. The molecule has 3 heteroatoms. The largest absolute Gasteiger partial charge is 0.491 e. The maximum absolute atomic E-state index is 6.02. The maximum Gasteiger partial charge on any atom is 0.124 e. The summed E-state index contributed by atoms with van der Waals surface area (Å²) in [6.07, 6.45) is 0.992. The van der Waals surface area contributed by atoms with Gasteiger partial charge in [-0.1, -0.05) is 25.1 Å². The zero-order valence-electron chi connectivity index (χ0n) is 10.3. The molecular weight excluding hydrogens is 202 g/mol. The lowest BCUT2D eigenvalue weighted by molar-refractivity contribution is 0.0711. The van der Waals surface area contributed by atoms with Gasteiger partial charge in [-0.25, -0.2) is 0 Å². The van der Waals surface area contributed by atoms with Gasteiger partial charge < -0.3 is 15.2 Å². The fraction of sp³-hybridized carbons (Fsp3) is 0.538. The molecular formula is C13H21NO2. The molecule has 1 aromatic carbocycles. The smallest absolute Gasteiger partial charge is 0.124 e. The van der Waals surface area contributed by atoms with Crippen LogP contribution in [0.1, 0.15) is 31.9 Å². The van der Waals surface area contributed by atoms with Crippen LogP contribution in [0.15, 0.2) is 24.3 Å². The molecule has 90 valence electrons. The minimum absolute atomic E-state index is 0.0362. The molecule has 0 heterocycles. The molecule has 0 saturated carbocycles. The molecule has 0 bridgehead atoms. The molecule has 2 N–H and O–H groups in total. The van der Waals surface area contributed by atoms with Gasteiger partial charge >= 0.3 is 0 Å². The van der Waals surface area contributed by atoms with Crippen LogP contribution < -0.4 is 10.5 Å². The lowest BCUT2D eigenvalue weighted by atomic mass is 10.0. The van der Waals surface area contributed by atoms with Crippen LogP contribution in [0.5, 0.6) is 5.75 Å². The number of hydrogen-bond acceptors (Lipinski definition) is 3. The van der Waals surface area contributed by atoms with Gasteiger partial charge in [-0.05, 0) is 19.4 Å². The second-order valence-electron chi connectivity index (χ2n) is 3.91. The lowest BCUT2D eigenvalue weighted by Gasteiger charge is -2.17. The van der Waals surface area contributed by atoms with Gasteiger partial charge in [0.2, 0.25) is 0 Å². The molecule has 0 amide bonds. The summed E-state index contributed by atoms with van der Waals surface area (Å²) in [5, 5.41) is 0. The van der Waals surface area contributed by atoms with Gasteiger partial charge in [0.25, 0.3) is 0 Å². The highest BCUT2D eigenvalue weighted by Gasteiger charge is 2.10. The van der Waals surface area contributed by atoms with E-state index in [2.05, 4.69) is 6.92 Å². The van der Waals surface area contributed by atoms with Crippen LogP contribution in [0.3, 0.4) is 0 Å². The number of methoxy groups -OCH3 is 1. The number of nitrogens with two attached hydrogens (primary N) is 1. The number of ether oxygens (including phenoxy) is 2. The molecule has 0 aliphatic heterocycles. The standard InChI is InChI=1S/C13H21NO2/c1-4-12(14)11-7-5-6-8-13(11)16-9-10(2)15-3/h5-8,10,12H,4,9,14H2,1-3H3/t10?,12-/m1/s1. The van der Waals surface area contributed by atoms with Crippen LogP contribution in [0.4, 0.5) is 0 Å². The van der Waals surface area contributed by atoms with Gasteiger partial charge in [-0.3, -0.25) is 0 Å². The zero-order valence-corrected chi connectivity index (χ0v) is 10.3. The van der Waals surface area contributed by atoms with Crippen LogP contribution in [0.2, 0.25) is 0 Å². The van der Waals surface area contributed by atoms with Gasteiger partial charge in [-0.2, -0.15) is 0 Å². The van der Waals surface area contributed by atoms with E-state index >= 15 is 0 Å². The number of rotatable bonds is 6. The highest BCUT2D eigenvalue weighted by Crippen LogP contribution is 2.25. The van der Waals surface area contributed by atoms with Crippen LogP contribution in [-0.2, 0) is 4.74 Å². The van der Waals surface area contributed by atoms with E-state index in [0.29, 0.717) is 6.61 Å². The van der Waals surface area contributed by atoms with Crippen molar-refractivity contribution in [2.45, 2.75) is 32.4 Å². The maximum atomic E-state index is 6.02. The van der Waals surface area contributed by atoms with Crippen molar-refractivity contribution in [3.05, 3.63) is 29.8 Å². The molecule has 1 rings (SSSR count). The first-order chi connectivity index (χ1) is 7.69. The summed E-state index contributed by atoms with van der Waals surface area (Å²) < 4.78 is 10.9. The van der Waals surface area contributed by atoms with Crippen molar-refractivity contribution in [2.24, 2.45) is 5.73 Å². The molecule has 0 aliphatic rings. The summed E-state index contributed by atoms with van der Waals surface area (Å²) in [6, 6.07) is 7.94. The molecule has 0 aromatic heterocycles. The second-order valence-corrected chi connectivity index (χ2v) is 3.91. The average Bonchev–Trinajstić information content (AvgIpc) is 2.35. The van der Waals surface area contributed by atoms with Crippen LogP contribution >= 0.6 is 0 Å². The van der Waals surface area contributed by atoms with E-state index in [4.69, 9.17) is 15.2 Å². The van der Waals surface area contributed by atoms with E-state index in [1.165, 1.54) is 0 Å². The second kappa shape index (κ2) is 6.51.